The fraction of sp³-hybridized carbons (Fsp3) is 0.500. The molecular formula is C18H26N4O2. The Kier molecular flexibility index (Phi) is 5.72. The number of rotatable bonds is 6. The Morgan fingerprint density at radius 2 is 1.96 bits per heavy atom. The molecule has 0 aliphatic carbocycles. The lowest BCUT2D eigenvalue weighted by molar-refractivity contribution is 0.0378. The molecule has 0 radical (unpaired) electrons. The lowest BCUT2D eigenvalue weighted by atomic mass is 10.1. The highest BCUT2D eigenvalue weighted by atomic mass is 16.5. The molecule has 6 nitrogen and oxygen atoms in total. The average Bonchev–Trinajstić information content (AvgIpc) is 3.14. The predicted octanol–water partition coefficient (Wildman–Crippen LogP) is 1.41. The fourth-order valence-corrected chi connectivity index (χ4v) is 3.03. The maximum atomic E-state index is 12.3. The van der Waals surface area contributed by atoms with Crippen LogP contribution in [0.15, 0.2) is 30.4 Å². The number of hydrogen-bond donors (Lipinski definition) is 2. The lowest BCUT2D eigenvalue weighted by Gasteiger charge is -2.26. The van der Waals surface area contributed by atoms with Crippen LogP contribution in [0.3, 0.4) is 0 Å². The minimum Gasteiger partial charge on any atom is -0.397 e. The van der Waals surface area contributed by atoms with E-state index >= 15 is 0 Å². The molecule has 0 unspecified atom stereocenters. The van der Waals surface area contributed by atoms with Gasteiger partial charge in [-0.25, -0.2) is 0 Å². The molecule has 3 rings (SSSR count). The summed E-state index contributed by atoms with van der Waals surface area (Å²) in [5.74, 6) is 0.0329. The van der Waals surface area contributed by atoms with Crippen LogP contribution in [-0.4, -0.2) is 68.2 Å². The highest BCUT2D eigenvalue weighted by Crippen LogP contribution is 2.21. The fourth-order valence-electron chi connectivity index (χ4n) is 3.03. The van der Waals surface area contributed by atoms with Crippen molar-refractivity contribution in [2.24, 2.45) is 0 Å². The number of benzene rings is 1. The Morgan fingerprint density at radius 3 is 2.67 bits per heavy atom. The maximum absolute atomic E-state index is 12.3. The van der Waals surface area contributed by atoms with Crippen molar-refractivity contribution >= 4 is 17.3 Å². The lowest BCUT2D eigenvalue weighted by Crippen LogP contribution is -2.37. The van der Waals surface area contributed by atoms with E-state index in [1.807, 2.05) is 24.3 Å². The number of amides is 1. The second-order valence-electron chi connectivity index (χ2n) is 6.22. The third-order valence-electron chi connectivity index (χ3n) is 4.47. The smallest absolute Gasteiger partial charge is 0.254 e. The van der Waals surface area contributed by atoms with Gasteiger partial charge in [0, 0.05) is 38.3 Å². The van der Waals surface area contributed by atoms with Gasteiger partial charge < -0.3 is 20.7 Å². The molecule has 0 atom stereocenters. The molecular weight excluding hydrogens is 304 g/mol. The standard InChI is InChI=1S/C18H26N4O2/c19-16-14-15(18(23)22-8-1-2-9-22)4-5-17(16)20-6-3-7-21-10-12-24-13-11-21/h1-2,4-5,14,20H,3,6-13,19H2. The van der Waals surface area contributed by atoms with E-state index in [1.54, 1.807) is 11.0 Å². The second-order valence-corrected chi connectivity index (χ2v) is 6.22. The first-order valence-electron chi connectivity index (χ1n) is 8.62. The highest BCUT2D eigenvalue weighted by molar-refractivity contribution is 5.96. The third kappa shape index (κ3) is 4.27. The van der Waals surface area contributed by atoms with Gasteiger partial charge in [0.05, 0.1) is 24.6 Å². The zero-order valence-electron chi connectivity index (χ0n) is 14.0. The molecule has 6 heteroatoms. The quantitative estimate of drug-likeness (QED) is 0.469. The molecule has 1 aromatic carbocycles. The molecule has 3 N–H and O–H groups in total. The van der Waals surface area contributed by atoms with E-state index in [1.165, 1.54) is 0 Å². The molecule has 0 spiro atoms. The van der Waals surface area contributed by atoms with E-state index in [4.69, 9.17) is 10.5 Å². The number of nitrogens with one attached hydrogen (secondary N) is 1. The van der Waals surface area contributed by atoms with E-state index in [9.17, 15) is 4.79 Å². The van der Waals surface area contributed by atoms with Crippen LogP contribution in [0.25, 0.3) is 0 Å². The van der Waals surface area contributed by atoms with Crippen molar-refractivity contribution in [3.63, 3.8) is 0 Å². The van der Waals surface area contributed by atoms with E-state index < -0.39 is 0 Å². The Labute approximate surface area is 143 Å². The number of nitrogen functional groups attached to an aromatic ring is 1. The van der Waals surface area contributed by atoms with Crippen LogP contribution in [0.2, 0.25) is 0 Å². The van der Waals surface area contributed by atoms with E-state index in [-0.39, 0.29) is 5.91 Å². The van der Waals surface area contributed by atoms with Crippen molar-refractivity contribution in [1.82, 2.24) is 9.80 Å². The van der Waals surface area contributed by atoms with Gasteiger partial charge in [-0.15, -0.1) is 0 Å². The minimum absolute atomic E-state index is 0.0329. The first-order valence-corrected chi connectivity index (χ1v) is 8.62. The zero-order valence-corrected chi connectivity index (χ0v) is 14.0. The van der Waals surface area contributed by atoms with Crippen LogP contribution in [-0.2, 0) is 4.74 Å². The molecule has 130 valence electrons. The summed E-state index contributed by atoms with van der Waals surface area (Å²) in [6, 6.07) is 5.52. The number of hydrogen-bond acceptors (Lipinski definition) is 5. The first-order chi connectivity index (χ1) is 11.7. The topological polar surface area (TPSA) is 70.8 Å². The van der Waals surface area contributed by atoms with Crippen LogP contribution in [0, 0.1) is 0 Å². The van der Waals surface area contributed by atoms with Gasteiger partial charge >= 0.3 is 0 Å². The van der Waals surface area contributed by atoms with Gasteiger partial charge in [-0.05, 0) is 31.2 Å². The van der Waals surface area contributed by atoms with Crippen LogP contribution in [0.4, 0.5) is 11.4 Å². The number of carbonyl (C=O) groups is 1. The molecule has 0 bridgehead atoms. The number of morpholine rings is 1. The molecule has 1 fully saturated rings. The summed E-state index contributed by atoms with van der Waals surface area (Å²) in [7, 11) is 0. The third-order valence-corrected chi connectivity index (χ3v) is 4.47. The van der Waals surface area contributed by atoms with Crippen LogP contribution < -0.4 is 11.1 Å². The number of carbonyl (C=O) groups excluding carboxylic acids is 1. The Balaban J connectivity index is 1.46. The predicted molar refractivity (Wildman–Crippen MR) is 96.3 cm³/mol. The molecule has 2 heterocycles. The van der Waals surface area contributed by atoms with Crippen molar-refractivity contribution in [3.8, 4) is 0 Å². The van der Waals surface area contributed by atoms with Gasteiger partial charge in [-0.3, -0.25) is 9.69 Å². The summed E-state index contributed by atoms with van der Waals surface area (Å²) in [5, 5.41) is 3.37. The van der Waals surface area contributed by atoms with Gasteiger partial charge in [0.2, 0.25) is 0 Å². The molecule has 0 saturated carbocycles. The molecule has 0 aromatic heterocycles. The van der Waals surface area contributed by atoms with Crippen LogP contribution in [0.1, 0.15) is 16.8 Å². The van der Waals surface area contributed by atoms with Gasteiger partial charge in [0.1, 0.15) is 0 Å². The van der Waals surface area contributed by atoms with Gasteiger partial charge in [-0.1, -0.05) is 12.2 Å². The molecule has 1 saturated heterocycles. The van der Waals surface area contributed by atoms with Gasteiger partial charge in [-0.2, -0.15) is 0 Å². The summed E-state index contributed by atoms with van der Waals surface area (Å²) < 4.78 is 5.35. The van der Waals surface area contributed by atoms with Crippen molar-refractivity contribution in [2.45, 2.75) is 6.42 Å². The number of nitrogens with two attached hydrogens (primary N) is 1. The SMILES string of the molecule is Nc1cc(C(=O)N2CC=CC2)ccc1NCCCN1CCOCC1. The summed E-state index contributed by atoms with van der Waals surface area (Å²) in [5.41, 5.74) is 8.28. The molecule has 24 heavy (non-hydrogen) atoms. The number of nitrogens with zero attached hydrogens (tertiary/aromatic N) is 2. The van der Waals surface area contributed by atoms with Gasteiger partial charge in [0.15, 0.2) is 0 Å². The van der Waals surface area contributed by atoms with Crippen molar-refractivity contribution in [2.75, 3.05) is 63.5 Å². The summed E-state index contributed by atoms with van der Waals surface area (Å²) in [6.45, 7) is 7.00. The average molecular weight is 330 g/mol. The Morgan fingerprint density at radius 1 is 1.21 bits per heavy atom. The summed E-state index contributed by atoms with van der Waals surface area (Å²) >= 11 is 0. The maximum Gasteiger partial charge on any atom is 0.254 e. The molecule has 2 aliphatic heterocycles. The Hall–Kier alpha value is -2.05. The van der Waals surface area contributed by atoms with E-state index in [2.05, 4.69) is 10.2 Å². The molecule has 1 aromatic rings. The molecule has 2 aliphatic rings. The van der Waals surface area contributed by atoms with E-state index in [0.717, 1.165) is 51.5 Å². The zero-order chi connectivity index (χ0) is 16.8. The number of anilines is 2. The Bertz CT molecular complexity index is 589. The van der Waals surface area contributed by atoms with Crippen molar-refractivity contribution in [3.05, 3.63) is 35.9 Å². The normalized spacial score (nSPS) is 18.1. The van der Waals surface area contributed by atoms with Crippen LogP contribution in [0.5, 0.6) is 0 Å². The second kappa shape index (κ2) is 8.17. The largest absolute Gasteiger partial charge is 0.397 e. The van der Waals surface area contributed by atoms with Crippen molar-refractivity contribution in [1.29, 1.82) is 0 Å². The minimum atomic E-state index is 0.0329. The number of ether oxygens (including phenoxy) is 1. The van der Waals surface area contributed by atoms with E-state index in [0.29, 0.717) is 24.3 Å². The van der Waals surface area contributed by atoms with Crippen LogP contribution >= 0.6 is 0 Å². The van der Waals surface area contributed by atoms with Crippen molar-refractivity contribution < 1.29 is 9.53 Å². The first kappa shape index (κ1) is 16.8. The monoisotopic (exact) mass is 330 g/mol. The van der Waals surface area contributed by atoms with Gasteiger partial charge in [0.25, 0.3) is 5.91 Å². The summed E-state index contributed by atoms with van der Waals surface area (Å²) in [6.07, 6.45) is 5.07. The highest BCUT2D eigenvalue weighted by Gasteiger charge is 2.17. The summed E-state index contributed by atoms with van der Waals surface area (Å²) in [4.78, 5) is 16.6. The molecule has 1 amide bonds.